The van der Waals surface area contributed by atoms with Crippen LogP contribution in [0.3, 0.4) is 0 Å². The summed E-state index contributed by atoms with van der Waals surface area (Å²) in [5.41, 5.74) is 0.00520. The zero-order chi connectivity index (χ0) is 46.6. The third-order valence-corrected chi connectivity index (χ3v) is 15.5. The summed E-state index contributed by atoms with van der Waals surface area (Å²) in [5.74, 6) is -57.5. The second kappa shape index (κ2) is 18.9. The van der Waals surface area contributed by atoms with Crippen molar-refractivity contribution in [3.8, 4) is 5.75 Å². The summed E-state index contributed by atoms with van der Waals surface area (Å²) in [6.07, 6.45) is -8.43. The highest BCUT2D eigenvalue weighted by Gasteiger charge is 2.95. The van der Waals surface area contributed by atoms with Gasteiger partial charge in [-0.05, 0) is 61.2 Å². The van der Waals surface area contributed by atoms with Crippen LogP contribution < -0.4 is 4.74 Å². The van der Waals surface area contributed by atoms with Crippen molar-refractivity contribution in [2.45, 2.75) is 133 Å². The number of rotatable bonds is 22. The van der Waals surface area contributed by atoms with Crippen molar-refractivity contribution < 1.29 is 98.4 Å². The van der Waals surface area contributed by atoms with Crippen LogP contribution in [0.4, 0.5) is 74.6 Å². The van der Waals surface area contributed by atoms with Crippen molar-refractivity contribution in [1.29, 1.82) is 0 Å². The molecule has 0 aromatic heterocycles. The molecule has 1 N–H and O–H groups in total. The fourth-order valence-corrected chi connectivity index (χ4v) is 10.4. The quantitative estimate of drug-likeness (QED) is 0.0314. The Morgan fingerprint density at radius 3 is 1.54 bits per heavy atom. The van der Waals surface area contributed by atoms with E-state index < -0.39 is 104 Å². The normalized spacial score (nSPS) is 16.1. The van der Waals surface area contributed by atoms with Gasteiger partial charge in [-0.15, -0.1) is 0 Å². The molecule has 0 unspecified atom stereocenters. The molecule has 342 valence electrons. The van der Waals surface area contributed by atoms with Crippen LogP contribution in [0.2, 0.25) is 17.1 Å². The van der Waals surface area contributed by atoms with Crippen molar-refractivity contribution in [3.05, 3.63) is 53.1 Å². The Hall–Kier alpha value is -3.08. The molecule has 1 rings (SSSR count). The van der Waals surface area contributed by atoms with E-state index in [1.807, 2.05) is 0 Å². The maximum atomic E-state index is 14.9. The molecule has 0 saturated heterocycles. The number of ether oxygens (including phenoxy) is 2. The van der Waals surface area contributed by atoms with Gasteiger partial charge in [0.2, 0.25) is 0 Å². The molecule has 2 atom stereocenters. The molecule has 59 heavy (non-hydrogen) atoms. The average molecular weight is 909 g/mol. The lowest BCUT2D eigenvalue weighted by atomic mass is 9.88. The molecule has 0 aliphatic rings. The molecule has 1 aromatic rings. The van der Waals surface area contributed by atoms with Crippen LogP contribution in [0.1, 0.15) is 73.5 Å². The molecule has 0 saturated carbocycles. The number of benzene rings is 1. The maximum absolute atomic E-state index is 14.9. The van der Waals surface area contributed by atoms with E-state index in [9.17, 15) is 84.5 Å². The van der Waals surface area contributed by atoms with Crippen LogP contribution in [0.25, 0.3) is 0 Å². The molecule has 0 radical (unpaired) electrons. The SMILES string of the molecule is CCOC(=O)/C=C(C)/C=C(\C)[C@H](C)[C@H](O)c1ccc(OCCO[Si](CCC(F)(F)C(F)(F)C(F)(F)C(F)(F)C(F)(F)C(F)(F)C(F)(F)C(F)(F)F)(C(C)C)C(C)C)cc1. The Morgan fingerprint density at radius 2 is 1.12 bits per heavy atom. The molecule has 5 nitrogen and oxygen atoms in total. The number of alkyl halides is 17. The Balaban J connectivity index is 3.21. The van der Waals surface area contributed by atoms with Gasteiger partial charge in [0.05, 0.1) is 19.3 Å². The summed E-state index contributed by atoms with van der Waals surface area (Å²) < 4.78 is 251. The van der Waals surface area contributed by atoms with Crippen LogP contribution >= 0.6 is 0 Å². The summed E-state index contributed by atoms with van der Waals surface area (Å²) in [6.45, 7) is 11.4. The summed E-state index contributed by atoms with van der Waals surface area (Å²) in [5, 5.41) is 10.9. The molecule has 0 spiro atoms. The van der Waals surface area contributed by atoms with Gasteiger partial charge >= 0.3 is 53.6 Å². The van der Waals surface area contributed by atoms with Crippen molar-refractivity contribution >= 4 is 14.3 Å². The van der Waals surface area contributed by atoms with Gasteiger partial charge in [0.25, 0.3) is 0 Å². The van der Waals surface area contributed by atoms with Gasteiger partial charge < -0.3 is 19.0 Å². The lowest BCUT2D eigenvalue weighted by molar-refractivity contribution is -0.461. The van der Waals surface area contributed by atoms with E-state index in [0.29, 0.717) is 16.7 Å². The van der Waals surface area contributed by atoms with Gasteiger partial charge in [-0.2, -0.15) is 74.6 Å². The van der Waals surface area contributed by atoms with Crippen molar-refractivity contribution in [1.82, 2.24) is 0 Å². The highest BCUT2D eigenvalue weighted by Crippen LogP contribution is 2.64. The van der Waals surface area contributed by atoms with E-state index in [-0.39, 0.29) is 19.0 Å². The van der Waals surface area contributed by atoms with E-state index in [4.69, 9.17) is 13.9 Å². The van der Waals surface area contributed by atoms with Crippen molar-refractivity contribution in [3.63, 3.8) is 0 Å². The van der Waals surface area contributed by atoms with E-state index in [1.54, 1.807) is 33.8 Å². The summed E-state index contributed by atoms with van der Waals surface area (Å²) >= 11 is 0. The van der Waals surface area contributed by atoms with Gasteiger partial charge in [-0.1, -0.05) is 58.4 Å². The fourth-order valence-electron chi connectivity index (χ4n) is 5.95. The lowest BCUT2D eigenvalue weighted by Crippen LogP contribution is -2.74. The fraction of sp³-hybridized carbons (Fsp3) is 0.694. The predicted molar refractivity (Wildman–Crippen MR) is 182 cm³/mol. The third kappa shape index (κ3) is 10.7. The second-order valence-corrected chi connectivity index (χ2v) is 19.4. The molecule has 0 fully saturated rings. The van der Waals surface area contributed by atoms with Gasteiger partial charge in [0, 0.05) is 18.4 Å². The second-order valence-electron chi connectivity index (χ2n) is 14.4. The van der Waals surface area contributed by atoms with Crippen molar-refractivity contribution in [2.24, 2.45) is 5.92 Å². The third-order valence-electron chi connectivity index (χ3n) is 9.80. The first kappa shape index (κ1) is 53.9. The molecule has 0 heterocycles. The minimum Gasteiger partial charge on any atom is -0.491 e. The smallest absolute Gasteiger partial charge is 0.460 e. The highest BCUT2D eigenvalue weighted by atomic mass is 28.4. The first-order chi connectivity index (χ1) is 26.4. The van der Waals surface area contributed by atoms with Crippen LogP contribution in [-0.2, 0) is 14.0 Å². The first-order valence-electron chi connectivity index (χ1n) is 17.7. The highest BCUT2D eigenvalue weighted by molar-refractivity contribution is 6.76. The average Bonchev–Trinajstić information content (AvgIpc) is 3.09. The molecular weight excluding hydrogens is 863 g/mol. The molecular formula is C36H45F17O5Si. The number of hydrogen-bond donors (Lipinski definition) is 1. The van der Waals surface area contributed by atoms with E-state index in [1.165, 1.54) is 58.0 Å². The number of carbonyl (C=O) groups is 1. The Morgan fingerprint density at radius 1 is 0.678 bits per heavy atom. The number of aliphatic hydroxyl groups is 1. The Bertz CT molecular complexity index is 1600. The van der Waals surface area contributed by atoms with E-state index >= 15 is 0 Å². The van der Waals surface area contributed by atoms with Crippen LogP contribution in [0.5, 0.6) is 5.75 Å². The maximum Gasteiger partial charge on any atom is 0.460 e. The largest absolute Gasteiger partial charge is 0.491 e. The molecule has 1 aromatic carbocycles. The topological polar surface area (TPSA) is 65.0 Å². The number of hydrogen-bond acceptors (Lipinski definition) is 5. The minimum atomic E-state index is -8.68. The lowest BCUT2D eigenvalue weighted by Gasteiger charge is -2.44. The zero-order valence-electron chi connectivity index (χ0n) is 32.8. The minimum absolute atomic E-state index is 0.170. The van der Waals surface area contributed by atoms with Gasteiger partial charge in [-0.3, -0.25) is 0 Å². The predicted octanol–water partition coefficient (Wildman–Crippen LogP) is 12.4. The molecule has 0 aliphatic carbocycles. The number of aliphatic hydroxyl groups excluding tert-OH is 1. The number of carbonyl (C=O) groups excluding carboxylic acids is 1. The van der Waals surface area contributed by atoms with E-state index in [2.05, 4.69) is 0 Å². The summed E-state index contributed by atoms with van der Waals surface area (Å²) in [6, 6.07) is 4.53. The molecule has 0 bridgehead atoms. The monoisotopic (exact) mass is 908 g/mol. The van der Waals surface area contributed by atoms with Gasteiger partial charge in [0.1, 0.15) is 12.4 Å². The first-order valence-corrected chi connectivity index (χ1v) is 19.9. The number of allylic oxidation sites excluding steroid dienone is 2. The standard InChI is InChI=1S/C36H45F17O5Si/c1-9-56-27(54)19-22(6)18-23(7)24(8)28(55)25-10-12-26(13-11-25)57-15-16-58-59(20(2)3,21(4)5)17-14-29(37,38)30(39,40)31(41,42)32(43,44)33(45,46)34(47,48)35(49,50)36(51,52)53/h10-13,18-21,24,28,55H,9,14-17H2,1-8H3/b22-19+,23-18+/t24-,28-/m0/s1. The summed E-state index contributed by atoms with van der Waals surface area (Å²) in [4.78, 5) is 11.7. The zero-order valence-corrected chi connectivity index (χ0v) is 33.8. The van der Waals surface area contributed by atoms with Gasteiger partial charge in [-0.25, -0.2) is 4.79 Å². The Kier molecular flexibility index (Phi) is 17.3. The summed E-state index contributed by atoms with van der Waals surface area (Å²) in [7, 11) is -3.95. The molecule has 23 heteroatoms. The van der Waals surface area contributed by atoms with Crippen molar-refractivity contribution in [2.75, 3.05) is 19.8 Å². The molecule has 0 aliphatic heterocycles. The van der Waals surface area contributed by atoms with Crippen LogP contribution in [-0.4, -0.2) is 86.8 Å². The van der Waals surface area contributed by atoms with Crippen LogP contribution in [0, 0.1) is 5.92 Å². The molecule has 0 amide bonds. The van der Waals surface area contributed by atoms with E-state index in [0.717, 1.165) is 0 Å². The Labute approximate surface area is 330 Å². The number of esters is 1. The van der Waals surface area contributed by atoms with Crippen LogP contribution in [0.15, 0.2) is 47.6 Å². The number of halogens is 17. The van der Waals surface area contributed by atoms with Gasteiger partial charge in [0.15, 0.2) is 8.32 Å².